The number of hydrogen-bond acceptors (Lipinski definition) is 4. The first-order valence-electron chi connectivity index (χ1n) is 5.60. The molecule has 0 bridgehead atoms. The minimum absolute atomic E-state index is 0.0161. The van der Waals surface area contributed by atoms with Gasteiger partial charge in [-0.05, 0) is 18.9 Å². The van der Waals surface area contributed by atoms with Gasteiger partial charge in [-0.3, -0.25) is 14.9 Å². The highest BCUT2D eigenvalue weighted by Gasteiger charge is 2.28. The lowest BCUT2D eigenvalue weighted by Gasteiger charge is -2.30. The zero-order chi connectivity index (χ0) is 13.8. The lowest BCUT2D eigenvalue weighted by Crippen LogP contribution is -2.48. The number of hydrogen-bond donors (Lipinski definition) is 1. The van der Waals surface area contributed by atoms with E-state index in [4.69, 9.17) is 0 Å². The van der Waals surface area contributed by atoms with Crippen LogP contribution in [0.4, 0.5) is 5.00 Å². The van der Waals surface area contributed by atoms with Crippen molar-refractivity contribution in [1.29, 1.82) is 0 Å². The van der Waals surface area contributed by atoms with Crippen molar-refractivity contribution in [3.63, 3.8) is 0 Å². The summed E-state index contributed by atoms with van der Waals surface area (Å²) in [6.45, 7) is 4.00. The van der Waals surface area contributed by atoms with Crippen LogP contribution in [0, 0.1) is 10.1 Å². The summed E-state index contributed by atoms with van der Waals surface area (Å²) in [5.41, 5.74) is -0.296. The number of thiophene rings is 1. The quantitative estimate of drug-likeness (QED) is 0.492. The minimum Gasteiger partial charge on any atom is -0.345 e. The molecule has 1 N–H and O–H groups in total. The molecule has 1 aromatic rings. The Morgan fingerprint density at radius 3 is 2.50 bits per heavy atom. The minimum atomic E-state index is -0.487. The average molecular weight is 335 g/mol. The van der Waals surface area contributed by atoms with Gasteiger partial charge in [0.1, 0.15) is 0 Å². The summed E-state index contributed by atoms with van der Waals surface area (Å²) in [6, 6.07) is 2.84. The molecular weight excluding hydrogens is 320 g/mol. The van der Waals surface area contributed by atoms with E-state index in [1.807, 2.05) is 13.8 Å². The number of carbonyl (C=O) groups is 1. The normalized spacial score (nSPS) is 11.3. The number of amides is 1. The Hall–Kier alpha value is -0.950. The van der Waals surface area contributed by atoms with Gasteiger partial charge in [0.05, 0.1) is 9.80 Å². The molecule has 0 spiro atoms. The number of carbonyl (C=O) groups excluding carboxylic acids is 1. The molecule has 0 saturated carbocycles. The summed E-state index contributed by atoms with van der Waals surface area (Å²) in [7, 11) is 0. The molecule has 7 heteroatoms. The molecule has 0 aliphatic rings. The highest BCUT2D eigenvalue weighted by atomic mass is 79.9. The van der Waals surface area contributed by atoms with E-state index < -0.39 is 4.92 Å². The molecule has 5 nitrogen and oxygen atoms in total. The Labute approximate surface area is 118 Å². The van der Waals surface area contributed by atoms with Crippen molar-refractivity contribution in [2.24, 2.45) is 0 Å². The van der Waals surface area contributed by atoms with E-state index in [1.165, 1.54) is 12.1 Å². The molecule has 0 unspecified atom stereocenters. The van der Waals surface area contributed by atoms with Crippen LogP contribution in [-0.2, 0) is 0 Å². The van der Waals surface area contributed by atoms with Crippen LogP contribution >= 0.6 is 27.3 Å². The van der Waals surface area contributed by atoms with Gasteiger partial charge in [0.15, 0.2) is 0 Å². The average Bonchev–Trinajstić information content (AvgIpc) is 2.86. The maximum absolute atomic E-state index is 12.0. The second kappa shape index (κ2) is 6.29. The van der Waals surface area contributed by atoms with Gasteiger partial charge in [0, 0.05) is 16.9 Å². The van der Waals surface area contributed by atoms with E-state index in [0.29, 0.717) is 10.2 Å². The molecule has 18 heavy (non-hydrogen) atoms. The molecule has 0 aliphatic carbocycles. The third-order valence-electron chi connectivity index (χ3n) is 2.98. The fourth-order valence-corrected chi connectivity index (χ4v) is 3.15. The standard InChI is InChI=1S/C11H15BrN2O3S/c1-3-11(4-2,7-12)13-10(15)8-5-6-9(18-8)14(16)17/h5-6H,3-4,7H2,1-2H3,(H,13,15). The molecule has 1 aromatic heterocycles. The molecule has 0 saturated heterocycles. The number of alkyl halides is 1. The van der Waals surface area contributed by atoms with Gasteiger partial charge in [-0.25, -0.2) is 0 Å². The second-order valence-corrected chi connectivity index (χ2v) is 5.59. The molecular formula is C11H15BrN2O3S. The van der Waals surface area contributed by atoms with Crippen LogP contribution in [-0.4, -0.2) is 21.7 Å². The summed E-state index contributed by atoms with van der Waals surface area (Å²) in [5, 5.41) is 14.2. The lowest BCUT2D eigenvalue weighted by atomic mass is 9.95. The third kappa shape index (κ3) is 3.29. The van der Waals surface area contributed by atoms with Crippen LogP contribution in [0.25, 0.3) is 0 Å². The summed E-state index contributed by atoms with van der Waals surface area (Å²) in [6.07, 6.45) is 1.60. The summed E-state index contributed by atoms with van der Waals surface area (Å²) in [4.78, 5) is 22.5. The Kier molecular flexibility index (Phi) is 5.28. The summed E-state index contributed by atoms with van der Waals surface area (Å²) >= 11 is 4.30. The molecule has 0 aromatic carbocycles. The number of nitrogens with one attached hydrogen (secondary N) is 1. The van der Waals surface area contributed by atoms with Crippen LogP contribution in [0.2, 0.25) is 0 Å². The van der Waals surface area contributed by atoms with Crippen molar-refractivity contribution in [3.8, 4) is 0 Å². The Balaban J connectivity index is 2.84. The highest BCUT2D eigenvalue weighted by Crippen LogP contribution is 2.25. The van der Waals surface area contributed by atoms with Crippen molar-refractivity contribution >= 4 is 38.2 Å². The van der Waals surface area contributed by atoms with E-state index in [1.54, 1.807) is 0 Å². The Morgan fingerprint density at radius 2 is 2.11 bits per heavy atom. The zero-order valence-corrected chi connectivity index (χ0v) is 12.6. The van der Waals surface area contributed by atoms with Gasteiger partial charge >= 0.3 is 5.00 Å². The van der Waals surface area contributed by atoms with Gasteiger partial charge in [-0.1, -0.05) is 41.1 Å². The van der Waals surface area contributed by atoms with Gasteiger partial charge < -0.3 is 5.32 Å². The SMILES string of the molecule is CCC(CC)(CBr)NC(=O)c1ccc([N+](=O)[O-])s1. The first kappa shape index (κ1) is 15.1. The van der Waals surface area contributed by atoms with Crippen molar-refractivity contribution in [2.45, 2.75) is 32.2 Å². The predicted octanol–water partition coefficient (Wildman–Crippen LogP) is 3.34. The van der Waals surface area contributed by atoms with Crippen molar-refractivity contribution in [2.75, 3.05) is 5.33 Å². The lowest BCUT2D eigenvalue weighted by molar-refractivity contribution is -0.380. The first-order chi connectivity index (χ1) is 8.48. The fourth-order valence-electron chi connectivity index (χ4n) is 1.50. The molecule has 1 amide bonds. The van der Waals surface area contributed by atoms with E-state index >= 15 is 0 Å². The summed E-state index contributed by atoms with van der Waals surface area (Å²) in [5.74, 6) is -0.253. The highest BCUT2D eigenvalue weighted by molar-refractivity contribution is 9.09. The fraction of sp³-hybridized carbons (Fsp3) is 0.545. The van der Waals surface area contributed by atoms with Crippen LogP contribution in [0.3, 0.4) is 0 Å². The van der Waals surface area contributed by atoms with Crippen LogP contribution < -0.4 is 5.32 Å². The Morgan fingerprint density at radius 1 is 1.50 bits per heavy atom. The van der Waals surface area contributed by atoms with E-state index in [-0.39, 0.29) is 16.4 Å². The van der Waals surface area contributed by atoms with Gasteiger partial charge in [-0.2, -0.15) is 0 Å². The molecule has 0 atom stereocenters. The topological polar surface area (TPSA) is 72.2 Å². The first-order valence-corrected chi connectivity index (χ1v) is 7.54. The molecule has 1 heterocycles. The number of halogens is 1. The monoisotopic (exact) mass is 334 g/mol. The summed E-state index contributed by atoms with van der Waals surface area (Å²) < 4.78 is 0. The predicted molar refractivity (Wildman–Crippen MR) is 75.5 cm³/mol. The molecule has 100 valence electrons. The van der Waals surface area contributed by atoms with Crippen molar-refractivity contribution < 1.29 is 9.72 Å². The van der Waals surface area contributed by atoms with Gasteiger partial charge in [0.2, 0.25) is 0 Å². The zero-order valence-electron chi connectivity index (χ0n) is 10.2. The number of rotatable bonds is 6. The third-order valence-corrected chi connectivity index (χ3v) is 5.09. The molecule has 0 fully saturated rings. The van der Waals surface area contributed by atoms with Crippen LogP contribution in [0.1, 0.15) is 36.4 Å². The smallest absolute Gasteiger partial charge is 0.324 e. The second-order valence-electron chi connectivity index (χ2n) is 3.97. The molecule has 0 radical (unpaired) electrons. The van der Waals surface area contributed by atoms with Crippen molar-refractivity contribution in [1.82, 2.24) is 5.32 Å². The van der Waals surface area contributed by atoms with Crippen LogP contribution in [0.5, 0.6) is 0 Å². The number of nitro groups is 1. The van der Waals surface area contributed by atoms with Gasteiger partial charge in [0.25, 0.3) is 5.91 Å². The maximum Gasteiger partial charge on any atom is 0.324 e. The maximum atomic E-state index is 12.0. The number of nitrogens with zero attached hydrogens (tertiary/aromatic N) is 1. The van der Waals surface area contributed by atoms with Gasteiger partial charge in [-0.15, -0.1) is 0 Å². The van der Waals surface area contributed by atoms with E-state index in [9.17, 15) is 14.9 Å². The van der Waals surface area contributed by atoms with E-state index in [0.717, 1.165) is 24.2 Å². The molecule has 1 rings (SSSR count). The van der Waals surface area contributed by atoms with Crippen molar-refractivity contribution in [3.05, 3.63) is 27.1 Å². The van der Waals surface area contributed by atoms with Crippen LogP contribution in [0.15, 0.2) is 12.1 Å². The molecule has 0 aliphatic heterocycles. The largest absolute Gasteiger partial charge is 0.345 e. The Bertz CT molecular complexity index is 435. The van der Waals surface area contributed by atoms with E-state index in [2.05, 4.69) is 21.2 Å².